The molecule has 19 heavy (non-hydrogen) atoms. The lowest BCUT2D eigenvalue weighted by atomic mass is 10.0. The Kier molecular flexibility index (Phi) is 6.16. The molecule has 6 heteroatoms. The van der Waals surface area contributed by atoms with Gasteiger partial charge in [-0.05, 0) is 20.3 Å². The molecule has 0 aromatic heterocycles. The van der Waals surface area contributed by atoms with Gasteiger partial charge < -0.3 is 15.4 Å². The summed E-state index contributed by atoms with van der Waals surface area (Å²) in [6, 6.07) is 0. The highest BCUT2D eigenvalue weighted by molar-refractivity contribution is 7.80. The Labute approximate surface area is 121 Å². The molecular formula is C13H25N3O2S. The molecule has 1 rings (SSSR count). The fourth-order valence-corrected chi connectivity index (χ4v) is 2.33. The number of methoxy groups -OCH3 is 1. The third kappa shape index (κ3) is 4.40. The number of nitrogens with zero attached hydrogens (tertiary/aromatic N) is 2. The number of thiocarbonyl (C=S) groups is 1. The number of carbonyl (C=O) groups is 1. The van der Waals surface area contributed by atoms with Crippen molar-refractivity contribution in [2.75, 3.05) is 39.9 Å². The van der Waals surface area contributed by atoms with Gasteiger partial charge in [-0.25, -0.2) is 0 Å². The number of piperazine rings is 1. The average molecular weight is 287 g/mol. The van der Waals surface area contributed by atoms with E-state index in [9.17, 15) is 4.79 Å². The van der Waals surface area contributed by atoms with Gasteiger partial charge in [0.1, 0.15) is 0 Å². The van der Waals surface area contributed by atoms with Crippen molar-refractivity contribution in [2.24, 2.45) is 5.73 Å². The van der Waals surface area contributed by atoms with Gasteiger partial charge in [0.25, 0.3) is 0 Å². The highest BCUT2D eigenvalue weighted by Crippen LogP contribution is 2.17. The Balaban J connectivity index is 2.40. The zero-order valence-electron chi connectivity index (χ0n) is 12.1. The molecule has 2 N–H and O–H groups in total. The van der Waals surface area contributed by atoms with Crippen molar-refractivity contribution in [3.05, 3.63) is 0 Å². The van der Waals surface area contributed by atoms with Crippen molar-refractivity contribution in [3.8, 4) is 0 Å². The van der Waals surface area contributed by atoms with Crippen LogP contribution >= 0.6 is 12.2 Å². The van der Waals surface area contributed by atoms with Crippen molar-refractivity contribution < 1.29 is 9.53 Å². The maximum absolute atomic E-state index is 12.0. The zero-order valence-corrected chi connectivity index (χ0v) is 13.0. The smallest absolute Gasteiger partial charge is 0.222 e. The predicted octanol–water partition coefficient (Wildman–Crippen LogP) is 0.622. The standard InChI is InChI=1S/C13H25N3O2S/c1-13(2,12(14)19)16-8-6-15(7-9-16)11(17)5-4-10-18-3/h4-10H2,1-3H3,(H2,14,19). The molecule has 1 aliphatic heterocycles. The maximum Gasteiger partial charge on any atom is 0.222 e. The van der Waals surface area contributed by atoms with E-state index in [4.69, 9.17) is 22.7 Å². The van der Waals surface area contributed by atoms with Gasteiger partial charge in [0.05, 0.1) is 10.5 Å². The molecule has 0 atom stereocenters. The molecule has 110 valence electrons. The van der Waals surface area contributed by atoms with E-state index in [1.807, 2.05) is 18.7 Å². The maximum atomic E-state index is 12.0. The van der Waals surface area contributed by atoms with Crippen LogP contribution in [-0.4, -0.2) is 66.1 Å². The van der Waals surface area contributed by atoms with Crippen LogP contribution in [0.25, 0.3) is 0 Å². The van der Waals surface area contributed by atoms with Gasteiger partial charge in [0, 0.05) is 46.3 Å². The molecule has 1 fully saturated rings. The van der Waals surface area contributed by atoms with E-state index in [2.05, 4.69) is 4.90 Å². The van der Waals surface area contributed by atoms with E-state index in [1.165, 1.54) is 0 Å². The summed E-state index contributed by atoms with van der Waals surface area (Å²) in [6.45, 7) is 7.84. The van der Waals surface area contributed by atoms with Gasteiger partial charge in [0.2, 0.25) is 5.91 Å². The number of ether oxygens (including phenoxy) is 1. The van der Waals surface area contributed by atoms with E-state index in [1.54, 1.807) is 7.11 Å². The highest BCUT2D eigenvalue weighted by atomic mass is 32.1. The zero-order chi connectivity index (χ0) is 14.5. The van der Waals surface area contributed by atoms with Gasteiger partial charge in [-0.2, -0.15) is 0 Å². The average Bonchev–Trinajstić information content (AvgIpc) is 2.39. The van der Waals surface area contributed by atoms with Crippen LogP contribution < -0.4 is 5.73 Å². The first kappa shape index (κ1) is 16.3. The number of hydrogen-bond donors (Lipinski definition) is 1. The van der Waals surface area contributed by atoms with Gasteiger partial charge in [-0.1, -0.05) is 12.2 Å². The summed E-state index contributed by atoms with van der Waals surface area (Å²) in [5.41, 5.74) is 5.49. The molecule has 0 saturated carbocycles. The Morgan fingerprint density at radius 3 is 2.37 bits per heavy atom. The molecule has 1 amide bonds. The summed E-state index contributed by atoms with van der Waals surface area (Å²) in [7, 11) is 1.65. The molecular weight excluding hydrogens is 262 g/mol. The minimum absolute atomic E-state index is 0.213. The van der Waals surface area contributed by atoms with Crippen LogP contribution in [-0.2, 0) is 9.53 Å². The molecule has 0 spiro atoms. The second kappa shape index (κ2) is 7.17. The van der Waals surface area contributed by atoms with Crippen LogP contribution in [0.1, 0.15) is 26.7 Å². The second-order valence-electron chi connectivity index (χ2n) is 5.39. The van der Waals surface area contributed by atoms with Crippen molar-refractivity contribution in [1.82, 2.24) is 9.80 Å². The van der Waals surface area contributed by atoms with Crippen molar-refractivity contribution >= 4 is 23.1 Å². The third-order valence-corrected chi connectivity index (χ3v) is 4.26. The molecule has 0 aliphatic carbocycles. The molecule has 0 bridgehead atoms. The van der Waals surface area contributed by atoms with E-state index >= 15 is 0 Å². The van der Waals surface area contributed by atoms with Gasteiger partial charge >= 0.3 is 0 Å². The van der Waals surface area contributed by atoms with Crippen LogP contribution in [0.5, 0.6) is 0 Å². The number of carbonyl (C=O) groups excluding carboxylic acids is 1. The largest absolute Gasteiger partial charge is 0.392 e. The van der Waals surface area contributed by atoms with E-state index in [-0.39, 0.29) is 11.4 Å². The number of nitrogens with two attached hydrogens (primary N) is 1. The Bertz CT molecular complexity index is 326. The highest BCUT2D eigenvalue weighted by Gasteiger charge is 2.33. The summed E-state index contributed by atoms with van der Waals surface area (Å²) in [4.78, 5) is 16.6. The van der Waals surface area contributed by atoms with Crippen LogP contribution in [0.15, 0.2) is 0 Å². The first-order valence-corrected chi connectivity index (χ1v) is 7.12. The monoisotopic (exact) mass is 287 g/mol. The molecule has 5 nitrogen and oxygen atoms in total. The summed E-state index contributed by atoms with van der Waals surface area (Å²) in [5.74, 6) is 0.213. The first-order chi connectivity index (χ1) is 8.89. The first-order valence-electron chi connectivity index (χ1n) is 6.71. The van der Waals surface area contributed by atoms with Crippen LogP contribution in [0.3, 0.4) is 0 Å². The lowest BCUT2D eigenvalue weighted by Gasteiger charge is -2.43. The fraction of sp³-hybridized carbons (Fsp3) is 0.846. The van der Waals surface area contributed by atoms with E-state index < -0.39 is 0 Å². The third-order valence-electron chi connectivity index (χ3n) is 3.77. The minimum Gasteiger partial charge on any atom is -0.392 e. The van der Waals surface area contributed by atoms with E-state index in [0.717, 1.165) is 32.6 Å². The normalized spacial score (nSPS) is 17.5. The van der Waals surface area contributed by atoms with Crippen molar-refractivity contribution in [3.63, 3.8) is 0 Å². The molecule has 0 unspecified atom stereocenters. The van der Waals surface area contributed by atoms with Gasteiger partial charge in [0.15, 0.2) is 0 Å². The Hall–Kier alpha value is -0.720. The van der Waals surface area contributed by atoms with Crippen LogP contribution in [0.2, 0.25) is 0 Å². The molecule has 0 radical (unpaired) electrons. The summed E-state index contributed by atoms with van der Waals surface area (Å²) < 4.78 is 4.96. The fourth-order valence-electron chi connectivity index (χ4n) is 2.20. The quantitative estimate of drug-likeness (QED) is 0.573. The minimum atomic E-state index is -0.277. The van der Waals surface area contributed by atoms with Gasteiger partial charge in [-0.15, -0.1) is 0 Å². The summed E-state index contributed by atoms with van der Waals surface area (Å²) >= 11 is 5.11. The van der Waals surface area contributed by atoms with Crippen LogP contribution in [0, 0.1) is 0 Å². The molecule has 1 aliphatic rings. The number of hydrogen-bond acceptors (Lipinski definition) is 4. The molecule has 0 aromatic carbocycles. The molecule has 0 aromatic rings. The molecule has 1 saturated heterocycles. The Morgan fingerprint density at radius 1 is 1.32 bits per heavy atom. The second-order valence-corrected chi connectivity index (χ2v) is 5.83. The number of amides is 1. The van der Waals surface area contributed by atoms with Gasteiger partial charge in [-0.3, -0.25) is 9.69 Å². The van der Waals surface area contributed by atoms with Crippen LogP contribution in [0.4, 0.5) is 0 Å². The topological polar surface area (TPSA) is 58.8 Å². The lowest BCUT2D eigenvalue weighted by molar-refractivity contribution is -0.133. The SMILES string of the molecule is COCCCC(=O)N1CCN(C(C)(C)C(N)=S)CC1. The van der Waals surface area contributed by atoms with Crippen molar-refractivity contribution in [2.45, 2.75) is 32.2 Å². The summed E-state index contributed by atoms with van der Waals surface area (Å²) in [5, 5.41) is 0. The predicted molar refractivity (Wildman–Crippen MR) is 80.1 cm³/mol. The lowest BCUT2D eigenvalue weighted by Crippen LogP contribution is -2.59. The summed E-state index contributed by atoms with van der Waals surface area (Å²) in [6.07, 6.45) is 1.35. The van der Waals surface area contributed by atoms with E-state index in [0.29, 0.717) is 18.0 Å². The van der Waals surface area contributed by atoms with Crippen molar-refractivity contribution in [1.29, 1.82) is 0 Å². The number of rotatable bonds is 6. The molecule has 1 heterocycles. The Morgan fingerprint density at radius 2 is 1.89 bits per heavy atom.